The maximum atomic E-state index is 14.1. The molecule has 13 heteroatoms. The van der Waals surface area contributed by atoms with Crippen molar-refractivity contribution >= 4 is 29.4 Å². The first-order valence-electron chi connectivity index (χ1n) is 16.5. The molecule has 13 nitrogen and oxygen atoms in total. The number of hydrogen-bond acceptors (Lipinski definition) is 11. The number of para-hydroxylation sites is 1. The molecule has 0 saturated carbocycles. The van der Waals surface area contributed by atoms with Gasteiger partial charge in [0.05, 0.1) is 7.11 Å². The van der Waals surface area contributed by atoms with E-state index in [1.807, 2.05) is 63.2 Å². The summed E-state index contributed by atoms with van der Waals surface area (Å²) in [4.78, 5) is 49.6. The minimum absolute atomic E-state index is 0.108. The average Bonchev–Trinajstić information content (AvgIpc) is 3.81. The minimum atomic E-state index is -1.30. The molecule has 0 aliphatic carbocycles. The standard InChI is InChI=1S/C36H41N5O8/c1-16(2)26(42)30(44)37-22-15-18-12-13-23-20(14-18)36(19-10-8-9-11-21(19)38-34(36)48-23)28-25(31-39-24(17(3)47-31)33(45)46-7)40-32(49-28)27(35(4,5)6)41-29(22)43/h8-14,16-17,22,24,26-27,34,38,42H,15H2,1-7H3,(H,37,44)(H,41,43). The van der Waals surface area contributed by atoms with Crippen LogP contribution in [0.15, 0.2) is 51.9 Å². The molecule has 49 heavy (non-hydrogen) atoms. The molecule has 7 atom stereocenters. The number of carbonyl (C=O) groups is 3. The van der Waals surface area contributed by atoms with Gasteiger partial charge in [0.1, 0.15) is 35.5 Å². The van der Waals surface area contributed by atoms with Crippen LogP contribution in [-0.4, -0.2) is 71.4 Å². The highest BCUT2D eigenvalue weighted by Gasteiger charge is 2.61. The Labute approximate surface area is 283 Å². The number of nitrogens with zero attached hydrogens (tertiary/aromatic N) is 2. The molecule has 4 aliphatic heterocycles. The predicted molar refractivity (Wildman–Crippen MR) is 177 cm³/mol. The van der Waals surface area contributed by atoms with Crippen molar-refractivity contribution in [2.24, 2.45) is 16.3 Å². The Hall–Kier alpha value is -4.91. The summed E-state index contributed by atoms with van der Waals surface area (Å²) >= 11 is 0. The molecule has 0 radical (unpaired) electrons. The van der Waals surface area contributed by atoms with E-state index < -0.39 is 65.2 Å². The number of esters is 1. The van der Waals surface area contributed by atoms with Crippen LogP contribution in [0.25, 0.3) is 0 Å². The summed E-state index contributed by atoms with van der Waals surface area (Å²) in [6.45, 7) is 11.0. The van der Waals surface area contributed by atoms with Crippen molar-refractivity contribution in [2.45, 2.75) is 89.9 Å². The number of aliphatic hydroxyl groups excluding tert-OH is 1. The van der Waals surface area contributed by atoms with Gasteiger partial charge in [0.15, 0.2) is 23.7 Å². The number of fused-ring (bicyclic) bond motifs is 4. The maximum Gasteiger partial charge on any atom is 0.334 e. The molecule has 7 rings (SSSR count). The van der Waals surface area contributed by atoms with Crippen molar-refractivity contribution in [3.05, 3.63) is 76.5 Å². The molecule has 0 saturated heterocycles. The zero-order valence-corrected chi connectivity index (χ0v) is 28.5. The number of ether oxygens (including phenoxy) is 3. The number of anilines is 1. The van der Waals surface area contributed by atoms with Gasteiger partial charge in [-0.2, -0.15) is 0 Å². The van der Waals surface area contributed by atoms with E-state index in [0.717, 1.165) is 22.4 Å². The lowest BCUT2D eigenvalue weighted by Crippen LogP contribution is -2.53. The maximum absolute atomic E-state index is 14.1. The molecule has 4 aliphatic rings. The first-order chi connectivity index (χ1) is 23.2. The van der Waals surface area contributed by atoms with Gasteiger partial charge in [-0.15, -0.1) is 0 Å². The number of aliphatic hydroxyl groups is 1. The van der Waals surface area contributed by atoms with Gasteiger partial charge in [0, 0.05) is 17.7 Å². The fourth-order valence-electron chi connectivity index (χ4n) is 7.11. The van der Waals surface area contributed by atoms with Crippen LogP contribution in [0.5, 0.6) is 5.75 Å². The second kappa shape index (κ2) is 11.6. The summed E-state index contributed by atoms with van der Waals surface area (Å²) in [6.07, 6.45) is -2.46. The van der Waals surface area contributed by atoms with Crippen LogP contribution in [-0.2, 0) is 35.7 Å². The summed E-state index contributed by atoms with van der Waals surface area (Å²) in [6, 6.07) is 10.7. The molecular formula is C36H41N5O8. The summed E-state index contributed by atoms with van der Waals surface area (Å²) in [5.41, 5.74) is 1.74. The lowest BCUT2D eigenvalue weighted by molar-refractivity contribution is -0.143. The largest absolute Gasteiger partial charge is 0.470 e. The Bertz CT molecular complexity index is 1880. The normalized spacial score (nSPS) is 27.2. The molecule has 5 heterocycles. The topological polar surface area (TPSA) is 174 Å². The van der Waals surface area contributed by atoms with E-state index in [1.165, 1.54) is 7.11 Å². The number of methoxy groups -OCH3 is 1. The third kappa shape index (κ3) is 5.13. The van der Waals surface area contributed by atoms with Gasteiger partial charge in [-0.05, 0) is 41.5 Å². The van der Waals surface area contributed by atoms with Gasteiger partial charge in [0.25, 0.3) is 0 Å². The molecule has 0 fully saturated rings. The van der Waals surface area contributed by atoms with Gasteiger partial charge in [-0.25, -0.2) is 14.8 Å². The fraction of sp³-hybridized carbons (Fsp3) is 0.472. The highest BCUT2D eigenvalue weighted by Crippen LogP contribution is 2.58. The van der Waals surface area contributed by atoms with Gasteiger partial charge in [-0.1, -0.05) is 65.0 Å². The monoisotopic (exact) mass is 671 g/mol. The molecule has 2 aromatic carbocycles. The molecule has 4 N–H and O–H groups in total. The Morgan fingerprint density at radius 2 is 1.86 bits per heavy atom. The molecule has 258 valence electrons. The molecule has 2 amide bonds. The summed E-state index contributed by atoms with van der Waals surface area (Å²) in [5.74, 6) is -0.749. The smallest absolute Gasteiger partial charge is 0.334 e. The van der Waals surface area contributed by atoms with Crippen LogP contribution >= 0.6 is 0 Å². The van der Waals surface area contributed by atoms with Crippen LogP contribution in [0.1, 0.15) is 81.6 Å². The van der Waals surface area contributed by atoms with E-state index in [4.69, 9.17) is 23.6 Å². The highest BCUT2D eigenvalue weighted by atomic mass is 16.5. The summed E-state index contributed by atoms with van der Waals surface area (Å²) < 4.78 is 24.7. The summed E-state index contributed by atoms with van der Waals surface area (Å²) in [7, 11) is 1.30. The van der Waals surface area contributed by atoms with Gasteiger partial charge >= 0.3 is 5.97 Å². The van der Waals surface area contributed by atoms with Crippen molar-refractivity contribution in [3.8, 4) is 5.75 Å². The molecule has 4 bridgehead atoms. The number of nitrogens with one attached hydrogen (secondary N) is 3. The van der Waals surface area contributed by atoms with Crippen molar-refractivity contribution < 1.29 is 38.1 Å². The number of aromatic nitrogens is 1. The third-order valence-electron chi connectivity index (χ3n) is 9.76. The number of rotatable bonds is 5. The van der Waals surface area contributed by atoms with E-state index in [9.17, 15) is 19.5 Å². The number of carbonyl (C=O) groups excluding carboxylic acids is 3. The highest BCUT2D eigenvalue weighted by molar-refractivity contribution is 5.98. The Kier molecular flexibility index (Phi) is 7.73. The number of hydrogen-bond donors (Lipinski definition) is 4. The zero-order valence-electron chi connectivity index (χ0n) is 28.5. The van der Waals surface area contributed by atoms with Crippen LogP contribution < -0.4 is 20.7 Å². The Morgan fingerprint density at radius 1 is 1.10 bits per heavy atom. The second-order valence-corrected chi connectivity index (χ2v) is 14.5. The van der Waals surface area contributed by atoms with E-state index in [2.05, 4.69) is 20.9 Å². The number of aliphatic imine (C=N–C) groups is 1. The van der Waals surface area contributed by atoms with E-state index >= 15 is 0 Å². The Balaban J connectivity index is 1.48. The first kappa shape index (κ1) is 32.6. The van der Waals surface area contributed by atoms with Crippen LogP contribution in [0, 0.1) is 11.3 Å². The Morgan fingerprint density at radius 3 is 2.57 bits per heavy atom. The van der Waals surface area contributed by atoms with Gasteiger partial charge in [-0.3, -0.25) is 9.59 Å². The van der Waals surface area contributed by atoms with E-state index in [0.29, 0.717) is 11.5 Å². The number of benzene rings is 2. The van der Waals surface area contributed by atoms with Crippen molar-refractivity contribution in [2.75, 3.05) is 12.4 Å². The molecule has 1 spiro atoms. The van der Waals surface area contributed by atoms with Gasteiger partial charge in [0.2, 0.25) is 23.6 Å². The third-order valence-corrected chi connectivity index (χ3v) is 9.76. The quantitative estimate of drug-likeness (QED) is 0.295. The molecular weight excluding hydrogens is 630 g/mol. The molecule has 7 unspecified atom stereocenters. The van der Waals surface area contributed by atoms with Crippen LogP contribution in [0.3, 0.4) is 0 Å². The van der Waals surface area contributed by atoms with E-state index in [1.54, 1.807) is 20.8 Å². The van der Waals surface area contributed by atoms with Gasteiger partial charge < -0.3 is 39.7 Å². The van der Waals surface area contributed by atoms with Crippen LogP contribution in [0.4, 0.5) is 5.69 Å². The summed E-state index contributed by atoms with van der Waals surface area (Å²) in [5, 5.41) is 20.0. The molecule has 1 aromatic heterocycles. The second-order valence-electron chi connectivity index (χ2n) is 14.5. The zero-order chi connectivity index (χ0) is 35.0. The SMILES string of the molecule is COC(=O)C1N=C(c2nc3oc2C24c5ccccc5NC2Oc2ccc(cc24)CC(NC(=O)C(O)C(C)C)C(=O)NC3C(C)(C)C)OC1C. The fourth-order valence-corrected chi connectivity index (χ4v) is 7.11. The lowest BCUT2D eigenvalue weighted by atomic mass is 9.72. The van der Waals surface area contributed by atoms with Crippen molar-refractivity contribution in [1.29, 1.82) is 0 Å². The first-order valence-corrected chi connectivity index (χ1v) is 16.5. The van der Waals surface area contributed by atoms with Crippen molar-refractivity contribution in [3.63, 3.8) is 0 Å². The average molecular weight is 672 g/mol. The lowest BCUT2D eigenvalue weighted by Gasteiger charge is -2.32. The number of amides is 2. The molecule has 3 aromatic rings. The number of oxazole rings is 1. The van der Waals surface area contributed by atoms with E-state index in [-0.39, 0.29) is 29.8 Å². The van der Waals surface area contributed by atoms with Crippen LogP contribution in [0.2, 0.25) is 0 Å². The van der Waals surface area contributed by atoms with Crippen molar-refractivity contribution in [1.82, 2.24) is 15.6 Å². The minimum Gasteiger partial charge on any atom is -0.470 e. The predicted octanol–water partition coefficient (Wildman–Crippen LogP) is 3.12.